The molecule has 0 spiro atoms. The van der Waals surface area contributed by atoms with Crippen molar-refractivity contribution in [2.75, 3.05) is 37.8 Å². The summed E-state index contributed by atoms with van der Waals surface area (Å²) in [6.45, 7) is 2.17. The lowest BCUT2D eigenvalue weighted by Crippen LogP contribution is -2.17. The van der Waals surface area contributed by atoms with Crippen LogP contribution in [-0.2, 0) is 6.54 Å². The molecule has 3 aromatic rings. The van der Waals surface area contributed by atoms with Crippen LogP contribution < -0.4 is 15.4 Å². The van der Waals surface area contributed by atoms with E-state index in [9.17, 15) is 13.2 Å². The summed E-state index contributed by atoms with van der Waals surface area (Å²) in [6.07, 6.45) is -3.86. The number of hydrogen-bond donors (Lipinski definition) is 2. The minimum atomic E-state index is -4.75. The second-order valence-corrected chi connectivity index (χ2v) is 8.09. The van der Waals surface area contributed by atoms with E-state index in [-0.39, 0.29) is 5.75 Å². The number of thiophene rings is 1. The zero-order valence-corrected chi connectivity index (χ0v) is 18.1. The Hall–Kier alpha value is -2.85. The zero-order valence-electron chi connectivity index (χ0n) is 17.2. The Kier molecular flexibility index (Phi) is 7.69. The van der Waals surface area contributed by atoms with E-state index in [1.54, 1.807) is 23.5 Å². The molecule has 0 aliphatic carbocycles. The maximum absolute atomic E-state index is 12.6. The van der Waals surface area contributed by atoms with Crippen molar-refractivity contribution in [2.45, 2.75) is 19.3 Å². The van der Waals surface area contributed by atoms with Crippen molar-refractivity contribution in [2.24, 2.45) is 0 Å². The van der Waals surface area contributed by atoms with Crippen LogP contribution in [0.3, 0.4) is 0 Å². The van der Waals surface area contributed by atoms with E-state index in [1.807, 2.05) is 31.6 Å². The number of aromatic nitrogens is 2. The van der Waals surface area contributed by atoms with Gasteiger partial charge >= 0.3 is 6.36 Å². The normalized spacial score (nSPS) is 11.5. The van der Waals surface area contributed by atoms with Gasteiger partial charge in [-0.1, -0.05) is 18.2 Å². The standard InChI is InChI=1S/C21H24F3N5OS/c1-29(2)10-5-9-25-20-27-18(13-19(28-20)26-14-17-8-4-11-31-17)15-6-3-7-16(12-15)30-21(22,23)24/h3-4,6-8,11-13H,5,9-10,14H2,1-2H3,(H2,25,26,27,28). The molecule has 2 aromatic heterocycles. The number of anilines is 2. The van der Waals surface area contributed by atoms with Gasteiger partial charge in [0.1, 0.15) is 11.6 Å². The highest BCUT2D eigenvalue weighted by molar-refractivity contribution is 7.09. The number of nitrogens with zero attached hydrogens (tertiary/aromatic N) is 3. The Morgan fingerprint density at radius 1 is 1.06 bits per heavy atom. The zero-order chi connectivity index (χ0) is 22.3. The molecule has 0 radical (unpaired) electrons. The van der Waals surface area contributed by atoms with Gasteiger partial charge in [-0.15, -0.1) is 24.5 Å². The van der Waals surface area contributed by atoms with Gasteiger partial charge in [-0.2, -0.15) is 4.98 Å². The highest BCUT2D eigenvalue weighted by Crippen LogP contribution is 2.28. The number of hydrogen-bond acceptors (Lipinski definition) is 7. The molecular weight excluding hydrogens is 427 g/mol. The maximum atomic E-state index is 12.6. The van der Waals surface area contributed by atoms with Gasteiger partial charge in [-0.3, -0.25) is 0 Å². The highest BCUT2D eigenvalue weighted by atomic mass is 32.1. The lowest BCUT2D eigenvalue weighted by Gasteiger charge is -2.13. The first-order valence-corrected chi connectivity index (χ1v) is 10.6. The summed E-state index contributed by atoms with van der Waals surface area (Å²) >= 11 is 1.62. The van der Waals surface area contributed by atoms with Crippen molar-refractivity contribution >= 4 is 23.1 Å². The Balaban J connectivity index is 1.82. The van der Waals surface area contributed by atoms with Crippen molar-refractivity contribution in [1.29, 1.82) is 0 Å². The first-order valence-electron chi connectivity index (χ1n) is 9.68. The van der Waals surface area contributed by atoms with Gasteiger partial charge in [0.05, 0.1) is 12.2 Å². The molecule has 0 unspecified atom stereocenters. The molecule has 0 fully saturated rings. The van der Waals surface area contributed by atoms with Gasteiger partial charge in [-0.25, -0.2) is 4.98 Å². The van der Waals surface area contributed by atoms with E-state index in [2.05, 4.69) is 30.2 Å². The predicted molar refractivity (Wildman–Crippen MR) is 117 cm³/mol. The van der Waals surface area contributed by atoms with Crippen molar-refractivity contribution in [3.8, 4) is 17.0 Å². The van der Waals surface area contributed by atoms with E-state index in [4.69, 9.17) is 0 Å². The molecule has 3 rings (SSSR count). The Bertz CT molecular complexity index is 964. The first-order chi connectivity index (χ1) is 14.8. The fourth-order valence-corrected chi connectivity index (χ4v) is 3.45. The molecule has 2 N–H and O–H groups in total. The van der Waals surface area contributed by atoms with Crippen LogP contribution in [0.2, 0.25) is 0 Å². The average Bonchev–Trinajstić information content (AvgIpc) is 3.22. The lowest BCUT2D eigenvalue weighted by atomic mass is 10.1. The van der Waals surface area contributed by atoms with Gasteiger partial charge in [0, 0.05) is 23.1 Å². The Labute approximate surface area is 183 Å². The van der Waals surface area contributed by atoms with Crippen molar-refractivity contribution in [1.82, 2.24) is 14.9 Å². The van der Waals surface area contributed by atoms with Crippen molar-refractivity contribution in [3.05, 3.63) is 52.7 Å². The molecular formula is C21H24F3N5OS. The van der Waals surface area contributed by atoms with E-state index in [0.29, 0.717) is 36.1 Å². The third-order valence-corrected chi connectivity index (χ3v) is 5.05. The van der Waals surface area contributed by atoms with E-state index in [0.717, 1.165) is 17.8 Å². The number of alkyl halides is 3. The molecule has 0 aliphatic heterocycles. The topological polar surface area (TPSA) is 62.3 Å². The van der Waals surface area contributed by atoms with Crippen LogP contribution in [0.5, 0.6) is 5.75 Å². The fourth-order valence-electron chi connectivity index (χ4n) is 2.80. The maximum Gasteiger partial charge on any atom is 0.573 e. The van der Waals surface area contributed by atoms with Gasteiger partial charge in [0.15, 0.2) is 0 Å². The molecule has 31 heavy (non-hydrogen) atoms. The van der Waals surface area contributed by atoms with Gasteiger partial charge in [0.2, 0.25) is 5.95 Å². The predicted octanol–water partition coefficient (Wildman–Crippen LogP) is 5.08. The molecule has 6 nitrogen and oxygen atoms in total. The quantitative estimate of drug-likeness (QED) is 0.419. The van der Waals surface area contributed by atoms with Gasteiger partial charge < -0.3 is 20.3 Å². The third-order valence-electron chi connectivity index (χ3n) is 4.18. The molecule has 0 amide bonds. The number of nitrogens with one attached hydrogen (secondary N) is 2. The minimum absolute atomic E-state index is 0.294. The largest absolute Gasteiger partial charge is 0.573 e. The molecule has 10 heteroatoms. The molecule has 1 aromatic carbocycles. The molecule has 166 valence electrons. The fraction of sp³-hybridized carbons (Fsp3) is 0.333. The summed E-state index contributed by atoms with van der Waals surface area (Å²) in [5.74, 6) is 0.694. The summed E-state index contributed by atoms with van der Waals surface area (Å²) in [6, 6.07) is 11.5. The van der Waals surface area contributed by atoms with Gasteiger partial charge in [0.25, 0.3) is 0 Å². The molecule has 0 saturated heterocycles. The van der Waals surface area contributed by atoms with Gasteiger partial charge in [-0.05, 0) is 50.6 Å². The average molecular weight is 452 g/mol. The SMILES string of the molecule is CN(C)CCCNc1nc(NCc2cccs2)cc(-c2cccc(OC(F)(F)F)c2)n1. The molecule has 0 saturated carbocycles. The molecule has 2 heterocycles. The lowest BCUT2D eigenvalue weighted by molar-refractivity contribution is -0.274. The van der Waals surface area contributed by atoms with Crippen LogP contribution in [0.15, 0.2) is 47.8 Å². The highest BCUT2D eigenvalue weighted by Gasteiger charge is 2.31. The third kappa shape index (κ3) is 7.72. The second-order valence-electron chi connectivity index (χ2n) is 7.05. The number of ether oxygens (including phenoxy) is 1. The smallest absolute Gasteiger partial charge is 0.406 e. The van der Waals surface area contributed by atoms with Crippen molar-refractivity contribution in [3.63, 3.8) is 0 Å². The van der Waals surface area contributed by atoms with Crippen molar-refractivity contribution < 1.29 is 17.9 Å². The Morgan fingerprint density at radius 2 is 1.90 bits per heavy atom. The number of benzene rings is 1. The Morgan fingerprint density at radius 3 is 2.61 bits per heavy atom. The first kappa shape index (κ1) is 22.8. The van der Waals surface area contributed by atoms with E-state index in [1.165, 1.54) is 18.2 Å². The van der Waals surface area contributed by atoms with Crippen LogP contribution in [0, 0.1) is 0 Å². The van der Waals surface area contributed by atoms with Crippen LogP contribution in [0.1, 0.15) is 11.3 Å². The van der Waals surface area contributed by atoms with Crippen LogP contribution in [-0.4, -0.2) is 48.4 Å². The summed E-state index contributed by atoms with van der Waals surface area (Å²) in [5.41, 5.74) is 0.992. The van der Waals surface area contributed by atoms with Crippen LogP contribution >= 0.6 is 11.3 Å². The van der Waals surface area contributed by atoms with E-state index >= 15 is 0 Å². The summed E-state index contributed by atoms with van der Waals surface area (Å²) < 4.78 is 41.8. The number of rotatable bonds is 10. The summed E-state index contributed by atoms with van der Waals surface area (Å²) in [4.78, 5) is 12.2. The minimum Gasteiger partial charge on any atom is -0.406 e. The molecule has 0 atom stereocenters. The molecule has 0 bridgehead atoms. The van der Waals surface area contributed by atoms with Crippen LogP contribution in [0.25, 0.3) is 11.3 Å². The molecule has 0 aliphatic rings. The monoisotopic (exact) mass is 451 g/mol. The van der Waals surface area contributed by atoms with E-state index < -0.39 is 6.36 Å². The second kappa shape index (κ2) is 10.5. The summed E-state index contributed by atoms with van der Waals surface area (Å²) in [7, 11) is 4.00. The number of halogens is 3. The summed E-state index contributed by atoms with van der Waals surface area (Å²) in [5, 5.41) is 8.45. The van der Waals surface area contributed by atoms with Crippen LogP contribution in [0.4, 0.5) is 24.9 Å².